The van der Waals surface area contributed by atoms with E-state index >= 15 is 0 Å². The third kappa shape index (κ3) is 2.75. The summed E-state index contributed by atoms with van der Waals surface area (Å²) in [5.74, 6) is -0.297. The molecule has 0 saturated carbocycles. The zero-order valence-electron chi connectivity index (χ0n) is 10.2. The van der Waals surface area contributed by atoms with Gasteiger partial charge in [-0.1, -0.05) is 32.6 Å². The molecular formula is C13H18N2O2. The van der Waals surface area contributed by atoms with Crippen LogP contribution in [0.1, 0.15) is 39.0 Å². The van der Waals surface area contributed by atoms with E-state index in [1.807, 2.05) is 0 Å². The molecule has 2 aromatic rings. The summed E-state index contributed by atoms with van der Waals surface area (Å²) in [6, 6.07) is 3.55. The first kappa shape index (κ1) is 11.9. The lowest BCUT2D eigenvalue weighted by Crippen LogP contribution is -2.14. The van der Waals surface area contributed by atoms with Crippen molar-refractivity contribution in [2.45, 2.75) is 45.6 Å². The molecule has 17 heavy (non-hydrogen) atoms. The number of hydrogen-bond donors (Lipinski definition) is 0. The van der Waals surface area contributed by atoms with E-state index in [1.165, 1.54) is 19.3 Å². The fourth-order valence-electron chi connectivity index (χ4n) is 1.97. The largest absolute Gasteiger partial charge is 0.421 e. The van der Waals surface area contributed by atoms with Crippen LogP contribution in [0.25, 0.3) is 11.2 Å². The highest BCUT2D eigenvalue weighted by Gasteiger charge is 2.08. The van der Waals surface area contributed by atoms with Crippen molar-refractivity contribution in [3.05, 3.63) is 28.9 Å². The third-order valence-corrected chi connectivity index (χ3v) is 2.91. The molecule has 0 bridgehead atoms. The Morgan fingerprint density at radius 2 is 2.12 bits per heavy atom. The number of hydrogen-bond acceptors (Lipinski definition) is 3. The van der Waals surface area contributed by atoms with Crippen molar-refractivity contribution in [3.63, 3.8) is 0 Å². The van der Waals surface area contributed by atoms with Crippen molar-refractivity contribution in [1.82, 2.24) is 9.55 Å². The average Bonchev–Trinajstić information content (AvgIpc) is 2.65. The van der Waals surface area contributed by atoms with E-state index in [9.17, 15) is 4.79 Å². The molecule has 92 valence electrons. The molecule has 2 heterocycles. The van der Waals surface area contributed by atoms with Gasteiger partial charge in [-0.05, 0) is 18.6 Å². The van der Waals surface area contributed by atoms with Gasteiger partial charge in [0.1, 0.15) is 0 Å². The number of unbranched alkanes of at least 4 members (excludes halogenated alkanes) is 4. The van der Waals surface area contributed by atoms with Crippen LogP contribution in [0, 0.1) is 0 Å². The lowest BCUT2D eigenvalue weighted by Gasteiger charge is -2.01. The summed E-state index contributed by atoms with van der Waals surface area (Å²) >= 11 is 0. The van der Waals surface area contributed by atoms with E-state index in [0.717, 1.165) is 12.8 Å². The van der Waals surface area contributed by atoms with Gasteiger partial charge in [0.15, 0.2) is 11.2 Å². The van der Waals surface area contributed by atoms with Gasteiger partial charge in [-0.25, -0.2) is 9.78 Å². The normalized spacial score (nSPS) is 11.1. The first-order chi connectivity index (χ1) is 8.33. The molecule has 0 aromatic carbocycles. The summed E-state index contributed by atoms with van der Waals surface area (Å²) in [5, 5.41) is 0. The van der Waals surface area contributed by atoms with Crippen molar-refractivity contribution >= 4 is 11.2 Å². The minimum absolute atomic E-state index is 0.297. The van der Waals surface area contributed by atoms with Crippen LogP contribution in [0.3, 0.4) is 0 Å². The van der Waals surface area contributed by atoms with Gasteiger partial charge < -0.3 is 4.42 Å². The van der Waals surface area contributed by atoms with Crippen LogP contribution >= 0.6 is 0 Å². The Labute approximate surface area is 100 Å². The monoisotopic (exact) mass is 234 g/mol. The summed E-state index contributed by atoms with van der Waals surface area (Å²) in [5.41, 5.74) is 1.24. The topological polar surface area (TPSA) is 48.0 Å². The third-order valence-electron chi connectivity index (χ3n) is 2.91. The molecule has 0 fully saturated rings. The fraction of sp³-hybridized carbons (Fsp3) is 0.538. The summed E-state index contributed by atoms with van der Waals surface area (Å²) in [6.45, 7) is 2.89. The van der Waals surface area contributed by atoms with Crippen LogP contribution in [-0.4, -0.2) is 9.55 Å². The average molecular weight is 234 g/mol. The number of oxazole rings is 1. The maximum absolute atomic E-state index is 11.6. The molecule has 2 rings (SSSR count). The predicted octanol–water partition coefficient (Wildman–Crippen LogP) is 2.96. The second kappa shape index (κ2) is 5.66. The van der Waals surface area contributed by atoms with Crippen molar-refractivity contribution in [2.24, 2.45) is 0 Å². The van der Waals surface area contributed by atoms with E-state index in [-0.39, 0.29) is 5.76 Å². The number of aryl methyl sites for hydroxylation is 1. The van der Waals surface area contributed by atoms with Gasteiger partial charge in [0.2, 0.25) is 0 Å². The second-order valence-electron chi connectivity index (χ2n) is 4.26. The van der Waals surface area contributed by atoms with Gasteiger partial charge in [-0.3, -0.25) is 4.57 Å². The molecule has 2 aromatic heterocycles. The van der Waals surface area contributed by atoms with E-state index in [4.69, 9.17) is 4.42 Å². The zero-order valence-corrected chi connectivity index (χ0v) is 10.2. The number of rotatable bonds is 6. The number of aromatic nitrogens is 2. The summed E-state index contributed by atoms with van der Waals surface area (Å²) in [7, 11) is 0. The Balaban J connectivity index is 2.03. The predicted molar refractivity (Wildman–Crippen MR) is 67.0 cm³/mol. The highest BCUT2D eigenvalue weighted by atomic mass is 16.4. The molecule has 4 heteroatoms. The summed E-state index contributed by atoms with van der Waals surface area (Å²) < 4.78 is 6.75. The minimum Gasteiger partial charge on any atom is -0.406 e. The number of nitrogens with zero attached hydrogens (tertiary/aromatic N) is 2. The minimum atomic E-state index is -0.297. The molecule has 0 unspecified atom stereocenters. The SMILES string of the molecule is CCCCCCCn1c(=O)oc2cccnc21. The quantitative estimate of drug-likeness (QED) is 0.722. The maximum atomic E-state index is 11.6. The van der Waals surface area contributed by atoms with Crippen LogP contribution in [0.2, 0.25) is 0 Å². The van der Waals surface area contributed by atoms with Gasteiger partial charge in [-0.15, -0.1) is 0 Å². The molecule has 0 aliphatic heterocycles. The highest BCUT2D eigenvalue weighted by molar-refractivity contribution is 5.67. The number of fused-ring (bicyclic) bond motifs is 1. The maximum Gasteiger partial charge on any atom is 0.421 e. The van der Waals surface area contributed by atoms with E-state index in [2.05, 4.69) is 11.9 Å². The lowest BCUT2D eigenvalue weighted by atomic mass is 10.1. The Hall–Kier alpha value is -1.58. The van der Waals surface area contributed by atoms with E-state index in [0.29, 0.717) is 17.8 Å². The first-order valence-corrected chi connectivity index (χ1v) is 6.27. The van der Waals surface area contributed by atoms with Crippen molar-refractivity contribution in [3.8, 4) is 0 Å². The van der Waals surface area contributed by atoms with Crippen molar-refractivity contribution in [2.75, 3.05) is 0 Å². The lowest BCUT2D eigenvalue weighted by molar-refractivity contribution is 0.486. The molecule has 0 spiro atoms. The molecule has 0 saturated heterocycles. The van der Waals surface area contributed by atoms with E-state index in [1.54, 1.807) is 22.9 Å². The summed E-state index contributed by atoms with van der Waals surface area (Å²) in [6.07, 6.45) is 7.57. The van der Waals surface area contributed by atoms with Crippen LogP contribution in [0.5, 0.6) is 0 Å². The highest BCUT2D eigenvalue weighted by Crippen LogP contribution is 2.10. The Bertz CT molecular complexity index is 527. The van der Waals surface area contributed by atoms with E-state index < -0.39 is 0 Å². The first-order valence-electron chi connectivity index (χ1n) is 6.27. The molecule has 0 aliphatic rings. The van der Waals surface area contributed by atoms with Crippen LogP contribution in [0.15, 0.2) is 27.5 Å². The Morgan fingerprint density at radius 3 is 2.94 bits per heavy atom. The number of pyridine rings is 1. The smallest absolute Gasteiger partial charge is 0.406 e. The van der Waals surface area contributed by atoms with Crippen LogP contribution < -0.4 is 5.76 Å². The van der Waals surface area contributed by atoms with Gasteiger partial charge in [-0.2, -0.15) is 0 Å². The van der Waals surface area contributed by atoms with Gasteiger partial charge in [0, 0.05) is 12.7 Å². The molecular weight excluding hydrogens is 216 g/mol. The molecule has 0 N–H and O–H groups in total. The van der Waals surface area contributed by atoms with Crippen molar-refractivity contribution < 1.29 is 4.42 Å². The Kier molecular flexibility index (Phi) is 3.96. The molecule has 4 nitrogen and oxygen atoms in total. The van der Waals surface area contributed by atoms with Gasteiger partial charge in [0.25, 0.3) is 0 Å². The van der Waals surface area contributed by atoms with Gasteiger partial charge in [0.05, 0.1) is 0 Å². The summed E-state index contributed by atoms with van der Waals surface area (Å²) in [4.78, 5) is 15.8. The molecule has 0 atom stereocenters. The fourth-order valence-corrected chi connectivity index (χ4v) is 1.97. The second-order valence-corrected chi connectivity index (χ2v) is 4.26. The molecule has 0 aliphatic carbocycles. The van der Waals surface area contributed by atoms with Crippen LogP contribution in [-0.2, 0) is 6.54 Å². The van der Waals surface area contributed by atoms with Crippen LogP contribution in [0.4, 0.5) is 0 Å². The van der Waals surface area contributed by atoms with Gasteiger partial charge >= 0.3 is 5.76 Å². The zero-order chi connectivity index (χ0) is 12.1. The molecule has 0 radical (unpaired) electrons. The van der Waals surface area contributed by atoms with Crippen molar-refractivity contribution in [1.29, 1.82) is 0 Å². The standard InChI is InChI=1S/C13H18N2O2/c1-2-3-4-5-6-10-15-12-11(17-13(15)16)8-7-9-14-12/h7-9H,2-6,10H2,1H3. The Morgan fingerprint density at radius 1 is 1.29 bits per heavy atom. The molecule has 0 amide bonds.